The molecule has 1 unspecified atom stereocenters. The molecule has 0 saturated carbocycles. The van der Waals surface area contributed by atoms with Crippen molar-refractivity contribution < 1.29 is 0 Å². The van der Waals surface area contributed by atoms with E-state index in [-0.39, 0.29) is 5.54 Å². The lowest BCUT2D eigenvalue weighted by molar-refractivity contribution is 0.305. The van der Waals surface area contributed by atoms with Crippen LogP contribution in [0.25, 0.3) is 0 Å². The van der Waals surface area contributed by atoms with Crippen LogP contribution in [-0.2, 0) is 0 Å². The van der Waals surface area contributed by atoms with E-state index in [0.29, 0.717) is 0 Å². The molecular formula is C9H21N3. The molecule has 0 bridgehead atoms. The first-order chi connectivity index (χ1) is 5.52. The van der Waals surface area contributed by atoms with Crippen molar-refractivity contribution in [3.8, 4) is 0 Å². The van der Waals surface area contributed by atoms with Gasteiger partial charge in [-0.2, -0.15) is 0 Å². The van der Waals surface area contributed by atoms with Gasteiger partial charge in [0.15, 0.2) is 0 Å². The average Bonchev–Trinajstić information content (AvgIpc) is 2.29. The van der Waals surface area contributed by atoms with Gasteiger partial charge in [-0.15, -0.1) is 0 Å². The molecule has 0 aromatic heterocycles. The van der Waals surface area contributed by atoms with Crippen LogP contribution in [-0.4, -0.2) is 56.1 Å². The molecule has 0 amide bonds. The van der Waals surface area contributed by atoms with E-state index in [2.05, 4.69) is 30.9 Å². The van der Waals surface area contributed by atoms with Crippen molar-refractivity contribution in [2.45, 2.75) is 18.4 Å². The predicted octanol–water partition coefficient (Wildman–Crippen LogP) is -0.0289. The lowest BCUT2D eigenvalue weighted by Crippen LogP contribution is -2.44. The van der Waals surface area contributed by atoms with Crippen LogP contribution in [0.5, 0.6) is 0 Å². The highest BCUT2D eigenvalue weighted by Gasteiger charge is 2.31. The number of hydrogen-bond acceptors (Lipinski definition) is 3. The smallest absolute Gasteiger partial charge is 0.0307 e. The predicted molar refractivity (Wildman–Crippen MR) is 52.2 cm³/mol. The third kappa shape index (κ3) is 2.73. The Hall–Kier alpha value is -0.120. The third-order valence-electron chi connectivity index (χ3n) is 2.63. The van der Waals surface area contributed by atoms with Gasteiger partial charge in [-0.25, -0.2) is 0 Å². The largest absolute Gasteiger partial charge is 0.324 e. The van der Waals surface area contributed by atoms with Crippen molar-refractivity contribution in [2.24, 2.45) is 5.73 Å². The summed E-state index contributed by atoms with van der Waals surface area (Å²) in [5, 5.41) is 0. The van der Waals surface area contributed by atoms with Crippen molar-refractivity contribution in [1.29, 1.82) is 0 Å². The Morgan fingerprint density at radius 1 is 1.50 bits per heavy atom. The van der Waals surface area contributed by atoms with Crippen molar-refractivity contribution in [3.63, 3.8) is 0 Å². The van der Waals surface area contributed by atoms with Gasteiger partial charge in [0.05, 0.1) is 0 Å². The molecule has 0 radical (unpaired) electrons. The zero-order chi connectivity index (χ0) is 9.19. The molecule has 3 nitrogen and oxygen atoms in total. The SMILES string of the molecule is CN(C)CCC1(N)CCN(C)C1. The summed E-state index contributed by atoms with van der Waals surface area (Å²) < 4.78 is 0. The van der Waals surface area contributed by atoms with Crippen LogP contribution in [0.1, 0.15) is 12.8 Å². The second-order valence-corrected chi connectivity index (χ2v) is 4.40. The number of nitrogens with two attached hydrogens (primary N) is 1. The normalized spacial score (nSPS) is 31.8. The molecule has 3 heteroatoms. The van der Waals surface area contributed by atoms with Gasteiger partial charge in [-0.05, 0) is 47.1 Å². The average molecular weight is 171 g/mol. The van der Waals surface area contributed by atoms with Gasteiger partial charge < -0.3 is 15.5 Å². The van der Waals surface area contributed by atoms with E-state index in [4.69, 9.17) is 5.73 Å². The Labute approximate surface area is 75.5 Å². The van der Waals surface area contributed by atoms with Crippen LogP contribution in [0.2, 0.25) is 0 Å². The Morgan fingerprint density at radius 3 is 2.58 bits per heavy atom. The summed E-state index contributed by atoms with van der Waals surface area (Å²) in [4.78, 5) is 4.52. The highest BCUT2D eigenvalue weighted by Crippen LogP contribution is 2.20. The van der Waals surface area contributed by atoms with E-state index in [1.165, 1.54) is 0 Å². The molecule has 0 aliphatic carbocycles. The summed E-state index contributed by atoms with van der Waals surface area (Å²) in [5.74, 6) is 0. The maximum atomic E-state index is 6.23. The second-order valence-electron chi connectivity index (χ2n) is 4.40. The van der Waals surface area contributed by atoms with Crippen LogP contribution in [0.15, 0.2) is 0 Å². The Bertz CT molecular complexity index is 147. The first-order valence-corrected chi connectivity index (χ1v) is 4.64. The molecule has 1 rings (SSSR count). The van der Waals surface area contributed by atoms with Gasteiger partial charge in [0.2, 0.25) is 0 Å². The maximum absolute atomic E-state index is 6.23. The molecule has 1 fully saturated rings. The lowest BCUT2D eigenvalue weighted by atomic mass is 9.95. The number of nitrogens with zero attached hydrogens (tertiary/aromatic N) is 2. The summed E-state index contributed by atoms with van der Waals surface area (Å²) in [6.45, 7) is 3.31. The first-order valence-electron chi connectivity index (χ1n) is 4.64. The van der Waals surface area contributed by atoms with Crippen molar-refractivity contribution in [2.75, 3.05) is 40.8 Å². The number of likely N-dealkylation sites (N-methyl/N-ethyl adjacent to an activating group) is 1. The molecule has 0 aromatic carbocycles. The topological polar surface area (TPSA) is 32.5 Å². The van der Waals surface area contributed by atoms with Crippen LogP contribution >= 0.6 is 0 Å². The quantitative estimate of drug-likeness (QED) is 0.647. The summed E-state index contributed by atoms with van der Waals surface area (Å²) in [7, 11) is 6.34. The van der Waals surface area contributed by atoms with E-state index in [1.807, 2.05) is 0 Å². The van der Waals surface area contributed by atoms with Gasteiger partial charge in [-0.1, -0.05) is 0 Å². The molecule has 1 atom stereocenters. The van der Waals surface area contributed by atoms with Crippen molar-refractivity contribution >= 4 is 0 Å². The highest BCUT2D eigenvalue weighted by atomic mass is 15.2. The molecule has 1 heterocycles. The Balaban J connectivity index is 2.30. The molecular weight excluding hydrogens is 150 g/mol. The molecule has 12 heavy (non-hydrogen) atoms. The Kier molecular flexibility index (Phi) is 3.09. The van der Waals surface area contributed by atoms with E-state index in [9.17, 15) is 0 Å². The molecule has 72 valence electrons. The van der Waals surface area contributed by atoms with Gasteiger partial charge >= 0.3 is 0 Å². The van der Waals surface area contributed by atoms with E-state index in [1.54, 1.807) is 0 Å². The first kappa shape index (κ1) is 9.96. The van der Waals surface area contributed by atoms with Crippen molar-refractivity contribution in [3.05, 3.63) is 0 Å². The fraction of sp³-hybridized carbons (Fsp3) is 1.00. The van der Waals surface area contributed by atoms with Gasteiger partial charge in [0, 0.05) is 12.1 Å². The number of hydrogen-bond donors (Lipinski definition) is 1. The van der Waals surface area contributed by atoms with Gasteiger partial charge in [-0.3, -0.25) is 0 Å². The molecule has 0 spiro atoms. The number of likely N-dealkylation sites (tertiary alicyclic amines) is 1. The minimum absolute atomic E-state index is 0.0824. The lowest BCUT2D eigenvalue weighted by Gasteiger charge is -2.25. The zero-order valence-electron chi connectivity index (χ0n) is 8.51. The summed E-state index contributed by atoms with van der Waals surface area (Å²) >= 11 is 0. The molecule has 1 saturated heterocycles. The molecule has 1 aliphatic rings. The molecule has 2 N–H and O–H groups in total. The maximum Gasteiger partial charge on any atom is 0.0307 e. The molecule has 0 aromatic rings. The highest BCUT2D eigenvalue weighted by molar-refractivity contribution is 4.93. The van der Waals surface area contributed by atoms with Crippen LogP contribution < -0.4 is 5.73 Å². The van der Waals surface area contributed by atoms with E-state index in [0.717, 1.165) is 32.5 Å². The van der Waals surface area contributed by atoms with E-state index >= 15 is 0 Å². The Morgan fingerprint density at radius 2 is 2.17 bits per heavy atom. The zero-order valence-corrected chi connectivity index (χ0v) is 8.51. The second kappa shape index (κ2) is 3.73. The third-order valence-corrected chi connectivity index (χ3v) is 2.63. The van der Waals surface area contributed by atoms with E-state index < -0.39 is 0 Å². The van der Waals surface area contributed by atoms with Crippen LogP contribution in [0.4, 0.5) is 0 Å². The summed E-state index contributed by atoms with van der Waals surface area (Å²) in [5.41, 5.74) is 6.31. The van der Waals surface area contributed by atoms with Crippen LogP contribution in [0, 0.1) is 0 Å². The van der Waals surface area contributed by atoms with Gasteiger partial charge in [0.25, 0.3) is 0 Å². The van der Waals surface area contributed by atoms with Gasteiger partial charge in [0.1, 0.15) is 0 Å². The fourth-order valence-corrected chi connectivity index (χ4v) is 1.76. The number of rotatable bonds is 3. The van der Waals surface area contributed by atoms with Crippen LogP contribution in [0.3, 0.4) is 0 Å². The summed E-state index contributed by atoms with van der Waals surface area (Å²) in [6, 6.07) is 0. The minimum Gasteiger partial charge on any atom is -0.324 e. The standard InChI is InChI=1S/C9H21N3/c1-11(2)6-4-9(10)5-7-12(3)8-9/h4-8,10H2,1-3H3. The monoisotopic (exact) mass is 171 g/mol. The fourth-order valence-electron chi connectivity index (χ4n) is 1.76. The minimum atomic E-state index is 0.0824. The molecule has 1 aliphatic heterocycles. The van der Waals surface area contributed by atoms with Crippen molar-refractivity contribution in [1.82, 2.24) is 9.80 Å². The summed E-state index contributed by atoms with van der Waals surface area (Å²) in [6.07, 6.45) is 2.27.